The molecule has 5 N–H and O–H groups in total. The summed E-state index contributed by atoms with van der Waals surface area (Å²) in [6.07, 6.45) is 0.984. The first kappa shape index (κ1) is 9.46. The maximum atomic E-state index is 5.43. The van der Waals surface area contributed by atoms with Crippen LogP contribution in [0.5, 0.6) is 0 Å². The van der Waals surface area contributed by atoms with Gasteiger partial charge in [0.05, 0.1) is 0 Å². The highest BCUT2D eigenvalue weighted by Gasteiger charge is 1.98. The zero-order chi connectivity index (χ0) is 7.98. The first-order valence-electron chi connectivity index (χ1n) is 3.56. The van der Waals surface area contributed by atoms with Crippen molar-refractivity contribution in [2.45, 2.75) is 19.4 Å². The van der Waals surface area contributed by atoms with Crippen molar-refractivity contribution in [2.24, 2.45) is 11.5 Å². The predicted octanol–water partition coefficient (Wildman–Crippen LogP) is -0.214. The molecular weight excluding hydrogens is 126 g/mol. The summed E-state index contributed by atoms with van der Waals surface area (Å²) in [5.41, 5.74) is 11.4. The Hall–Kier alpha value is -0.540. The highest BCUT2D eigenvalue weighted by molar-refractivity contribution is 4.96. The van der Waals surface area contributed by atoms with Crippen LogP contribution in [0.25, 0.3) is 0 Å². The SMILES string of the molecule is C=C(N)C(C)NCCCN. The Morgan fingerprint density at radius 1 is 1.70 bits per heavy atom. The molecule has 1 unspecified atom stereocenters. The molecule has 0 amide bonds. The van der Waals surface area contributed by atoms with Gasteiger partial charge < -0.3 is 16.8 Å². The Labute approximate surface area is 62.5 Å². The third-order valence-electron chi connectivity index (χ3n) is 1.39. The summed E-state index contributed by atoms with van der Waals surface area (Å²) >= 11 is 0. The minimum atomic E-state index is 0.201. The maximum absolute atomic E-state index is 5.43. The van der Waals surface area contributed by atoms with E-state index in [-0.39, 0.29) is 6.04 Å². The van der Waals surface area contributed by atoms with E-state index in [1.54, 1.807) is 0 Å². The van der Waals surface area contributed by atoms with Gasteiger partial charge >= 0.3 is 0 Å². The van der Waals surface area contributed by atoms with Crippen LogP contribution in [0, 0.1) is 0 Å². The lowest BCUT2D eigenvalue weighted by Gasteiger charge is -2.11. The summed E-state index contributed by atoms with van der Waals surface area (Å²) in [5.74, 6) is 0. The molecule has 0 aromatic carbocycles. The molecule has 0 saturated carbocycles. The lowest BCUT2D eigenvalue weighted by molar-refractivity contribution is 0.588. The van der Waals surface area contributed by atoms with Gasteiger partial charge in [0.2, 0.25) is 0 Å². The van der Waals surface area contributed by atoms with Gasteiger partial charge in [-0.1, -0.05) is 6.58 Å². The third-order valence-corrected chi connectivity index (χ3v) is 1.39. The highest BCUT2D eigenvalue weighted by atomic mass is 14.9. The van der Waals surface area contributed by atoms with Crippen LogP contribution in [0.2, 0.25) is 0 Å². The monoisotopic (exact) mass is 143 g/mol. The minimum Gasteiger partial charge on any atom is -0.401 e. The van der Waals surface area contributed by atoms with E-state index < -0.39 is 0 Å². The zero-order valence-electron chi connectivity index (χ0n) is 6.56. The number of rotatable bonds is 5. The molecule has 3 nitrogen and oxygen atoms in total. The van der Waals surface area contributed by atoms with Crippen LogP contribution in [-0.4, -0.2) is 19.1 Å². The smallest absolute Gasteiger partial charge is 0.0432 e. The summed E-state index contributed by atoms with van der Waals surface area (Å²) in [4.78, 5) is 0. The van der Waals surface area contributed by atoms with Crippen molar-refractivity contribution in [2.75, 3.05) is 13.1 Å². The lowest BCUT2D eigenvalue weighted by Crippen LogP contribution is -2.32. The Kier molecular flexibility index (Phi) is 4.98. The Balaban J connectivity index is 3.21. The van der Waals surface area contributed by atoms with Crippen molar-refractivity contribution >= 4 is 0 Å². The van der Waals surface area contributed by atoms with Crippen molar-refractivity contribution in [1.29, 1.82) is 0 Å². The molecule has 0 aliphatic carbocycles. The van der Waals surface area contributed by atoms with Crippen molar-refractivity contribution in [1.82, 2.24) is 5.32 Å². The van der Waals surface area contributed by atoms with Crippen LogP contribution in [0.1, 0.15) is 13.3 Å². The van der Waals surface area contributed by atoms with Gasteiger partial charge in [-0.25, -0.2) is 0 Å². The molecule has 0 rings (SSSR count). The standard InChI is InChI=1S/C7H17N3/c1-6(9)7(2)10-5-3-4-8/h7,10H,1,3-5,8-9H2,2H3. The fourth-order valence-corrected chi connectivity index (χ4v) is 0.552. The van der Waals surface area contributed by atoms with Crippen LogP contribution >= 0.6 is 0 Å². The molecule has 0 aromatic rings. The van der Waals surface area contributed by atoms with E-state index in [1.165, 1.54) is 0 Å². The molecule has 0 bridgehead atoms. The lowest BCUT2D eigenvalue weighted by atomic mass is 10.2. The predicted molar refractivity (Wildman–Crippen MR) is 44.5 cm³/mol. The van der Waals surface area contributed by atoms with Crippen molar-refractivity contribution in [3.8, 4) is 0 Å². The normalized spacial score (nSPS) is 13.0. The topological polar surface area (TPSA) is 64.1 Å². The van der Waals surface area contributed by atoms with Crippen LogP contribution in [0.4, 0.5) is 0 Å². The molecule has 0 spiro atoms. The molecule has 1 atom stereocenters. The van der Waals surface area contributed by atoms with Gasteiger partial charge in [0, 0.05) is 11.7 Å². The van der Waals surface area contributed by atoms with E-state index in [2.05, 4.69) is 11.9 Å². The van der Waals surface area contributed by atoms with Crippen molar-refractivity contribution < 1.29 is 0 Å². The van der Waals surface area contributed by atoms with Crippen molar-refractivity contribution in [3.63, 3.8) is 0 Å². The second-order valence-corrected chi connectivity index (χ2v) is 2.39. The Bertz CT molecular complexity index is 101. The van der Waals surface area contributed by atoms with Crippen LogP contribution < -0.4 is 16.8 Å². The molecule has 0 aliphatic heterocycles. The molecule has 0 aromatic heterocycles. The first-order valence-corrected chi connectivity index (χ1v) is 3.56. The maximum Gasteiger partial charge on any atom is 0.0432 e. The van der Waals surface area contributed by atoms with Crippen LogP contribution in [0.15, 0.2) is 12.3 Å². The fraction of sp³-hybridized carbons (Fsp3) is 0.714. The van der Waals surface area contributed by atoms with Gasteiger partial charge in [0.25, 0.3) is 0 Å². The molecule has 0 fully saturated rings. The Morgan fingerprint density at radius 2 is 2.30 bits per heavy atom. The molecule has 10 heavy (non-hydrogen) atoms. The van der Waals surface area contributed by atoms with E-state index in [0.717, 1.165) is 19.5 Å². The molecule has 0 saturated heterocycles. The van der Waals surface area contributed by atoms with E-state index in [4.69, 9.17) is 11.5 Å². The summed E-state index contributed by atoms with van der Waals surface area (Å²) in [5, 5.41) is 3.18. The fourth-order valence-electron chi connectivity index (χ4n) is 0.552. The van der Waals surface area contributed by atoms with Gasteiger partial charge in [-0.2, -0.15) is 0 Å². The van der Waals surface area contributed by atoms with E-state index >= 15 is 0 Å². The van der Waals surface area contributed by atoms with E-state index in [1.807, 2.05) is 6.92 Å². The average Bonchev–Trinajstić information content (AvgIpc) is 1.88. The summed E-state index contributed by atoms with van der Waals surface area (Å²) in [7, 11) is 0. The number of hydrogen-bond acceptors (Lipinski definition) is 3. The van der Waals surface area contributed by atoms with Gasteiger partial charge in [0.1, 0.15) is 0 Å². The highest BCUT2D eigenvalue weighted by Crippen LogP contribution is 1.88. The summed E-state index contributed by atoms with van der Waals surface area (Å²) in [6, 6.07) is 0.201. The van der Waals surface area contributed by atoms with Crippen LogP contribution in [0.3, 0.4) is 0 Å². The molecule has 3 heteroatoms. The summed E-state index contributed by atoms with van der Waals surface area (Å²) in [6.45, 7) is 7.23. The second-order valence-electron chi connectivity index (χ2n) is 2.39. The second kappa shape index (κ2) is 5.26. The largest absolute Gasteiger partial charge is 0.401 e. The molecule has 60 valence electrons. The van der Waals surface area contributed by atoms with Crippen LogP contribution in [-0.2, 0) is 0 Å². The number of hydrogen-bond donors (Lipinski definition) is 3. The molecule has 0 aliphatic rings. The molecule has 0 radical (unpaired) electrons. The quantitative estimate of drug-likeness (QED) is 0.466. The zero-order valence-corrected chi connectivity index (χ0v) is 6.56. The third kappa shape index (κ3) is 4.35. The Morgan fingerprint density at radius 3 is 2.70 bits per heavy atom. The number of nitrogens with one attached hydrogen (secondary N) is 1. The van der Waals surface area contributed by atoms with E-state index in [0.29, 0.717) is 5.70 Å². The molecule has 0 heterocycles. The summed E-state index contributed by atoms with van der Waals surface area (Å²) < 4.78 is 0. The van der Waals surface area contributed by atoms with Gasteiger partial charge in [0.15, 0.2) is 0 Å². The minimum absolute atomic E-state index is 0.201. The van der Waals surface area contributed by atoms with Gasteiger partial charge in [-0.3, -0.25) is 0 Å². The molecular formula is C7H17N3. The average molecular weight is 143 g/mol. The van der Waals surface area contributed by atoms with Gasteiger partial charge in [-0.15, -0.1) is 0 Å². The van der Waals surface area contributed by atoms with Crippen molar-refractivity contribution in [3.05, 3.63) is 12.3 Å². The van der Waals surface area contributed by atoms with Gasteiger partial charge in [-0.05, 0) is 26.4 Å². The first-order chi connectivity index (χ1) is 4.68. The van der Waals surface area contributed by atoms with E-state index in [9.17, 15) is 0 Å². The number of nitrogens with two attached hydrogens (primary N) is 2.